The van der Waals surface area contributed by atoms with Gasteiger partial charge in [0.2, 0.25) is 0 Å². The summed E-state index contributed by atoms with van der Waals surface area (Å²) < 4.78 is 5.35. The second-order valence-corrected chi connectivity index (χ2v) is 4.23. The molecule has 0 atom stereocenters. The van der Waals surface area contributed by atoms with Gasteiger partial charge in [-0.1, -0.05) is 30.9 Å². The predicted octanol–water partition coefficient (Wildman–Crippen LogP) is 3.37. The molecule has 0 fully saturated rings. The molecular weight excluding hydrogens is 256 g/mol. The second kappa shape index (κ2) is 7.19. The van der Waals surface area contributed by atoms with Crippen molar-refractivity contribution >= 4 is 5.78 Å². The number of ether oxygens (including phenoxy) is 1. The van der Waals surface area contributed by atoms with Crippen LogP contribution in [0.2, 0.25) is 0 Å². The van der Waals surface area contributed by atoms with Gasteiger partial charge in [0.25, 0.3) is 0 Å². The molecule has 0 aliphatic rings. The van der Waals surface area contributed by atoms with Crippen LogP contribution >= 0.6 is 0 Å². The summed E-state index contributed by atoms with van der Waals surface area (Å²) in [4.78, 5) is 11.2. The van der Waals surface area contributed by atoms with Gasteiger partial charge in [-0.3, -0.25) is 4.79 Å². The molecule has 1 rings (SSSR count). The Labute approximate surface area is 118 Å². The van der Waals surface area contributed by atoms with Gasteiger partial charge in [-0.25, -0.2) is 0 Å². The van der Waals surface area contributed by atoms with E-state index in [0.29, 0.717) is 5.57 Å². The van der Waals surface area contributed by atoms with Crippen molar-refractivity contribution in [1.29, 1.82) is 0 Å². The third-order valence-electron chi connectivity index (χ3n) is 2.51. The zero-order valence-electron chi connectivity index (χ0n) is 11.6. The molecule has 0 saturated heterocycles. The Morgan fingerprint density at radius 1 is 1.30 bits per heavy atom. The van der Waals surface area contributed by atoms with Crippen molar-refractivity contribution in [2.45, 2.75) is 13.8 Å². The Bertz CT molecular complexity index is 568. The smallest absolute Gasteiger partial charge is 0.165 e. The van der Waals surface area contributed by atoms with Crippen molar-refractivity contribution < 1.29 is 19.7 Å². The number of carbonyl (C=O) groups is 1. The second-order valence-electron chi connectivity index (χ2n) is 4.23. The van der Waals surface area contributed by atoms with Gasteiger partial charge in [-0.2, -0.15) is 0 Å². The predicted molar refractivity (Wildman–Crippen MR) is 78.4 cm³/mol. The highest BCUT2D eigenvalue weighted by atomic mass is 16.5. The molecule has 0 heterocycles. The third-order valence-corrected chi connectivity index (χ3v) is 2.51. The fourth-order valence-electron chi connectivity index (χ4n) is 1.48. The number of benzene rings is 1. The molecule has 4 heteroatoms. The summed E-state index contributed by atoms with van der Waals surface area (Å²) in [5.41, 5.74) is 0.763. The molecule has 2 N–H and O–H groups in total. The number of hydrogen-bond acceptors (Lipinski definition) is 4. The monoisotopic (exact) mass is 274 g/mol. The molecule has 0 bridgehead atoms. The summed E-state index contributed by atoms with van der Waals surface area (Å²) in [6.07, 6.45) is 7.34. The van der Waals surface area contributed by atoms with Crippen molar-refractivity contribution in [2.24, 2.45) is 0 Å². The van der Waals surface area contributed by atoms with Gasteiger partial charge < -0.3 is 14.9 Å². The van der Waals surface area contributed by atoms with Gasteiger partial charge in [0.05, 0.1) is 5.56 Å². The first-order valence-electron chi connectivity index (χ1n) is 6.12. The minimum absolute atomic E-state index is 0.0571. The Morgan fingerprint density at radius 2 is 2.00 bits per heavy atom. The van der Waals surface area contributed by atoms with E-state index < -0.39 is 0 Å². The van der Waals surface area contributed by atoms with E-state index in [4.69, 9.17) is 4.74 Å². The van der Waals surface area contributed by atoms with E-state index in [2.05, 4.69) is 6.58 Å². The molecule has 0 spiro atoms. The Kier molecular flexibility index (Phi) is 5.59. The quantitative estimate of drug-likeness (QED) is 0.474. The van der Waals surface area contributed by atoms with Gasteiger partial charge >= 0.3 is 0 Å². The lowest BCUT2D eigenvalue weighted by atomic mass is 10.1. The van der Waals surface area contributed by atoms with E-state index in [-0.39, 0.29) is 35.2 Å². The Morgan fingerprint density at radius 3 is 2.60 bits per heavy atom. The standard InChI is InChI=1S/C16H18O4/c1-4-5-6-7-11(2)10-20-16-9-14(18)13(12(3)17)8-15(16)19/h4-9,18-19H,2,10H2,1,3H3/b5-4-,7-6-. The lowest BCUT2D eigenvalue weighted by molar-refractivity contribution is 0.101. The first-order valence-corrected chi connectivity index (χ1v) is 6.12. The van der Waals surface area contributed by atoms with Crippen LogP contribution in [0.1, 0.15) is 24.2 Å². The summed E-state index contributed by atoms with van der Waals surface area (Å²) in [7, 11) is 0. The maximum absolute atomic E-state index is 11.2. The van der Waals surface area contributed by atoms with Crippen molar-refractivity contribution in [3.8, 4) is 17.2 Å². The third kappa shape index (κ3) is 4.31. The highest BCUT2D eigenvalue weighted by Gasteiger charge is 2.12. The molecule has 0 saturated carbocycles. The molecule has 0 aliphatic carbocycles. The number of hydrogen-bond donors (Lipinski definition) is 2. The summed E-state index contributed by atoms with van der Waals surface area (Å²) in [6, 6.07) is 2.40. The van der Waals surface area contributed by atoms with E-state index in [1.54, 1.807) is 6.08 Å². The van der Waals surface area contributed by atoms with Crippen LogP contribution in [-0.2, 0) is 0 Å². The van der Waals surface area contributed by atoms with Gasteiger partial charge in [0.15, 0.2) is 17.3 Å². The maximum Gasteiger partial charge on any atom is 0.165 e. The molecular formula is C16H18O4. The molecule has 0 aliphatic heterocycles. The van der Waals surface area contributed by atoms with Crippen LogP contribution in [0.5, 0.6) is 17.2 Å². The fourth-order valence-corrected chi connectivity index (χ4v) is 1.48. The van der Waals surface area contributed by atoms with E-state index in [9.17, 15) is 15.0 Å². The van der Waals surface area contributed by atoms with Crippen LogP contribution in [0.3, 0.4) is 0 Å². The van der Waals surface area contributed by atoms with Crippen LogP contribution in [0, 0.1) is 0 Å². The van der Waals surface area contributed by atoms with Crippen LogP contribution in [0.15, 0.2) is 48.6 Å². The number of ketones is 1. The highest BCUT2D eigenvalue weighted by molar-refractivity contribution is 5.97. The van der Waals surface area contributed by atoms with Crippen LogP contribution < -0.4 is 4.74 Å². The SMILES string of the molecule is C=C(/C=C\C=C/C)COc1cc(O)c(C(C)=O)cc1O. The van der Waals surface area contributed by atoms with Gasteiger partial charge in [0, 0.05) is 6.07 Å². The van der Waals surface area contributed by atoms with E-state index >= 15 is 0 Å². The molecule has 20 heavy (non-hydrogen) atoms. The molecule has 0 aromatic heterocycles. The van der Waals surface area contributed by atoms with Crippen LogP contribution in [-0.4, -0.2) is 22.6 Å². The molecule has 4 nitrogen and oxygen atoms in total. The molecule has 0 radical (unpaired) electrons. The Balaban J connectivity index is 2.77. The first kappa shape index (κ1) is 15.6. The highest BCUT2D eigenvalue weighted by Crippen LogP contribution is 2.33. The van der Waals surface area contributed by atoms with Crippen molar-refractivity contribution in [1.82, 2.24) is 0 Å². The minimum Gasteiger partial charge on any atom is -0.507 e. The van der Waals surface area contributed by atoms with Crippen LogP contribution in [0.25, 0.3) is 0 Å². The number of phenols is 2. The topological polar surface area (TPSA) is 66.8 Å². The number of phenolic OH excluding ortho intramolecular Hbond substituents is 2. The summed E-state index contributed by atoms with van der Waals surface area (Å²) in [5.74, 6) is -0.644. The van der Waals surface area contributed by atoms with Crippen molar-refractivity contribution in [3.05, 3.63) is 54.2 Å². The number of Topliss-reactive ketones (excluding diaryl/α,β-unsaturated/α-hetero) is 1. The molecule has 1 aromatic carbocycles. The molecule has 106 valence electrons. The average molecular weight is 274 g/mol. The summed E-state index contributed by atoms with van der Waals surface area (Å²) >= 11 is 0. The number of rotatable bonds is 6. The van der Waals surface area contributed by atoms with Crippen LogP contribution in [0.4, 0.5) is 0 Å². The van der Waals surface area contributed by atoms with Gasteiger partial charge in [0.1, 0.15) is 12.4 Å². The largest absolute Gasteiger partial charge is 0.507 e. The molecule has 0 amide bonds. The average Bonchev–Trinajstić information content (AvgIpc) is 2.39. The first-order chi connectivity index (χ1) is 9.45. The van der Waals surface area contributed by atoms with Gasteiger partial charge in [-0.05, 0) is 25.5 Å². The van der Waals surface area contributed by atoms with E-state index in [0.717, 1.165) is 0 Å². The maximum atomic E-state index is 11.2. The fraction of sp³-hybridized carbons (Fsp3) is 0.188. The number of aromatic hydroxyl groups is 2. The Hall–Kier alpha value is -2.49. The summed E-state index contributed by atoms with van der Waals surface area (Å²) in [6.45, 7) is 7.17. The lowest BCUT2D eigenvalue weighted by Crippen LogP contribution is -2.00. The zero-order chi connectivity index (χ0) is 15.1. The van der Waals surface area contributed by atoms with Crippen molar-refractivity contribution in [3.63, 3.8) is 0 Å². The molecule has 0 unspecified atom stereocenters. The van der Waals surface area contributed by atoms with Gasteiger partial charge in [-0.15, -0.1) is 0 Å². The minimum atomic E-state index is -0.331. The number of carbonyl (C=O) groups excluding carboxylic acids is 1. The van der Waals surface area contributed by atoms with Crippen molar-refractivity contribution in [2.75, 3.05) is 6.61 Å². The zero-order valence-corrected chi connectivity index (χ0v) is 11.6. The number of allylic oxidation sites excluding steroid dienone is 3. The molecule has 1 aromatic rings. The van der Waals surface area contributed by atoms with E-state index in [1.807, 2.05) is 25.2 Å². The van der Waals surface area contributed by atoms with E-state index in [1.165, 1.54) is 19.1 Å². The summed E-state index contributed by atoms with van der Waals surface area (Å²) in [5, 5.41) is 19.4. The lowest BCUT2D eigenvalue weighted by Gasteiger charge is -2.10. The normalized spacial score (nSPS) is 11.1.